The molecule has 156 valence electrons. The van der Waals surface area contributed by atoms with Crippen molar-refractivity contribution in [1.82, 2.24) is 19.4 Å². The fourth-order valence-electron chi connectivity index (χ4n) is 4.58. The van der Waals surface area contributed by atoms with Gasteiger partial charge in [-0.05, 0) is 45.7 Å². The van der Waals surface area contributed by atoms with Crippen molar-refractivity contribution in [3.05, 3.63) is 42.7 Å². The molecule has 0 bridgehead atoms. The van der Waals surface area contributed by atoms with E-state index < -0.39 is 0 Å². The Kier molecular flexibility index (Phi) is 6.31. The van der Waals surface area contributed by atoms with Gasteiger partial charge in [0, 0.05) is 37.6 Å². The number of carbonyl (C=O) groups excluding carboxylic acids is 1. The lowest BCUT2D eigenvalue weighted by Gasteiger charge is -2.37. The molecule has 2 atom stereocenters. The fourth-order valence-corrected chi connectivity index (χ4v) is 4.58. The minimum atomic E-state index is 0.127. The molecule has 3 heterocycles. The van der Waals surface area contributed by atoms with Crippen LogP contribution in [0, 0.1) is 5.92 Å². The van der Waals surface area contributed by atoms with Gasteiger partial charge >= 0.3 is 0 Å². The molecule has 0 spiro atoms. The number of morpholine rings is 1. The first kappa shape index (κ1) is 20.1. The first-order valence-corrected chi connectivity index (χ1v) is 10.8. The number of hydrogen-bond acceptors (Lipinski definition) is 4. The van der Waals surface area contributed by atoms with Crippen molar-refractivity contribution in [2.75, 3.05) is 32.7 Å². The molecule has 0 radical (unpaired) electrons. The molecular weight excluding hydrogens is 364 g/mol. The Morgan fingerprint density at radius 2 is 1.79 bits per heavy atom. The van der Waals surface area contributed by atoms with Crippen LogP contribution in [0.5, 0.6) is 0 Å². The van der Waals surface area contributed by atoms with Gasteiger partial charge in [-0.1, -0.05) is 30.3 Å². The molecule has 4 rings (SSSR count). The van der Waals surface area contributed by atoms with Crippen LogP contribution in [0.15, 0.2) is 42.7 Å². The van der Waals surface area contributed by atoms with Gasteiger partial charge in [-0.25, -0.2) is 4.98 Å². The SMILES string of the molecule is CC1CN(C(=O)CN2CCC(Cn3ccnc3-c3ccccc3)CC2)CC(C)O1. The summed E-state index contributed by atoms with van der Waals surface area (Å²) in [5.74, 6) is 1.91. The van der Waals surface area contributed by atoms with Crippen molar-refractivity contribution in [3.63, 3.8) is 0 Å². The normalized spacial score (nSPS) is 24.0. The van der Waals surface area contributed by atoms with Crippen LogP contribution in [0.25, 0.3) is 11.4 Å². The number of benzene rings is 1. The van der Waals surface area contributed by atoms with Crippen LogP contribution in [0.2, 0.25) is 0 Å². The topological polar surface area (TPSA) is 50.6 Å². The van der Waals surface area contributed by atoms with Crippen molar-refractivity contribution in [1.29, 1.82) is 0 Å². The van der Waals surface area contributed by atoms with Crippen LogP contribution >= 0.6 is 0 Å². The van der Waals surface area contributed by atoms with Crippen molar-refractivity contribution < 1.29 is 9.53 Å². The van der Waals surface area contributed by atoms with Crippen LogP contribution in [0.3, 0.4) is 0 Å². The van der Waals surface area contributed by atoms with Crippen molar-refractivity contribution in [2.45, 2.75) is 45.4 Å². The van der Waals surface area contributed by atoms with Crippen LogP contribution in [-0.2, 0) is 16.1 Å². The molecule has 2 aliphatic rings. The van der Waals surface area contributed by atoms with Crippen molar-refractivity contribution >= 4 is 5.91 Å². The van der Waals surface area contributed by atoms with Gasteiger partial charge in [0.1, 0.15) is 5.82 Å². The van der Waals surface area contributed by atoms with Gasteiger partial charge in [-0.3, -0.25) is 9.69 Å². The maximum atomic E-state index is 12.7. The summed E-state index contributed by atoms with van der Waals surface area (Å²) in [6.07, 6.45) is 6.47. The number of piperidine rings is 1. The van der Waals surface area contributed by atoms with E-state index in [0.717, 1.165) is 43.9 Å². The molecule has 0 saturated carbocycles. The Morgan fingerprint density at radius 3 is 2.48 bits per heavy atom. The summed E-state index contributed by atoms with van der Waals surface area (Å²) in [5, 5.41) is 0. The van der Waals surface area contributed by atoms with Crippen LogP contribution in [-0.4, -0.2) is 70.2 Å². The third kappa shape index (κ3) is 5.06. The molecule has 6 nitrogen and oxygen atoms in total. The van der Waals surface area contributed by atoms with Crippen LogP contribution in [0.1, 0.15) is 26.7 Å². The number of rotatable bonds is 5. The molecule has 1 aromatic carbocycles. The summed E-state index contributed by atoms with van der Waals surface area (Å²) < 4.78 is 8.02. The van der Waals surface area contributed by atoms with E-state index in [2.05, 4.69) is 44.9 Å². The zero-order valence-electron chi connectivity index (χ0n) is 17.5. The molecule has 6 heteroatoms. The third-order valence-corrected chi connectivity index (χ3v) is 6.04. The smallest absolute Gasteiger partial charge is 0.236 e. The van der Waals surface area contributed by atoms with Gasteiger partial charge in [0.2, 0.25) is 5.91 Å². The molecule has 0 N–H and O–H groups in total. The maximum Gasteiger partial charge on any atom is 0.236 e. The molecule has 1 amide bonds. The number of nitrogens with zero attached hydrogens (tertiary/aromatic N) is 4. The minimum absolute atomic E-state index is 0.127. The number of carbonyl (C=O) groups is 1. The Labute approximate surface area is 173 Å². The van der Waals surface area contributed by atoms with Gasteiger partial charge < -0.3 is 14.2 Å². The van der Waals surface area contributed by atoms with E-state index in [-0.39, 0.29) is 18.1 Å². The van der Waals surface area contributed by atoms with Gasteiger partial charge in [-0.2, -0.15) is 0 Å². The highest BCUT2D eigenvalue weighted by molar-refractivity contribution is 5.78. The molecule has 2 aliphatic heterocycles. The van der Waals surface area contributed by atoms with E-state index in [9.17, 15) is 4.79 Å². The summed E-state index contributed by atoms with van der Waals surface area (Å²) in [6.45, 7) is 9.01. The number of ether oxygens (including phenoxy) is 1. The fraction of sp³-hybridized carbons (Fsp3) is 0.565. The molecule has 0 aliphatic carbocycles. The predicted octanol–water partition coefficient (Wildman–Crippen LogP) is 2.90. The lowest BCUT2D eigenvalue weighted by Crippen LogP contribution is -2.51. The van der Waals surface area contributed by atoms with Gasteiger partial charge in [0.15, 0.2) is 0 Å². The Hall–Kier alpha value is -2.18. The monoisotopic (exact) mass is 396 g/mol. The first-order chi connectivity index (χ1) is 14.1. The first-order valence-electron chi connectivity index (χ1n) is 10.8. The van der Waals surface area contributed by atoms with E-state index in [0.29, 0.717) is 25.6 Å². The highest BCUT2D eigenvalue weighted by atomic mass is 16.5. The zero-order valence-corrected chi connectivity index (χ0v) is 17.5. The molecule has 1 aromatic heterocycles. The molecule has 2 saturated heterocycles. The van der Waals surface area contributed by atoms with Crippen molar-refractivity contribution in [2.24, 2.45) is 5.92 Å². The number of aromatic nitrogens is 2. The number of hydrogen-bond donors (Lipinski definition) is 0. The van der Waals surface area contributed by atoms with Crippen LogP contribution < -0.4 is 0 Å². The van der Waals surface area contributed by atoms with E-state index in [1.54, 1.807) is 0 Å². The molecule has 2 fully saturated rings. The number of likely N-dealkylation sites (tertiary alicyclic amines) is 1. The van der Waals surface area contributed by atoms with E-state index in [4.69, 9.17) is 4.74 Å². The highest BCUT2D eigenvalue weighted by Crippen LogP contribution is 2.23. The Bertz CT molecular complexity index is 788. The Balaban J connectivity index is 1.27. The second kappa shape index (κ2) is 9.09. The summed E-state index contributed by atoms with van der Waals surface area (Å²) in [4.78, 5) is 21.6. The van der Waals surface area contributed by atoms with Gasteiger partial charge in [-0.15, -0.1) is 0 Å². The number of amides is 1. The average molecular weight is 397 g/mol. The third-order valence-electron chi connectivity index (χ3n) is 6.04. The largest absolute Gasteiger partial charge is 0.372 e. The van der Waals surface area contributed by atoms with Gasteiger partial charge in [0.05, 0.1) is 18.8 Å². The highest BCUT2D eigenvalue weighted by Gasteiger charge is 2.28. The lowest BCUT2D eigenvalue weighted by molar-refractivity contribution is -0.144. The molecule has 2 aromatic rings. The van der Waals surface area contributed by atoms with Crippen molar-refractivity contribution in [3.8, 4) is 11.4 Å². The predicted molar refractivity (Wildman–Crippen MR) is 113 cm³/mol. The second-order valence-corrected chi connectivity index (χ2v) is 8.54. The molecular formula is C23H32N4O2. The maximum absolute atomic E-state index is 12.7. The second-order valence-electron chi connectivity index (χ2n) is 8.54. The Morgan fingerprint density at radius 1 is 1.10 bits per heavy atom. The van der Waals surface area contributed by atoms with E-state index in [1.165, 1.54) is 0 Å². The van der Waals surface area contributed by atoms with Crippen LogP contribution in [0.4, 0.5) is 0 Å². The van der Waals surface area contributed by atoms with E-state index in [1.807, 2.05) is 31.0 Å². The van der Waals surface area contributed by atoms with Gasteiger partial charge in [0.25, 0.3) is 0 Å². The average Bonchev–Trinajstić information content (AvgIpc) is 3.17. The number of imidazole rings is 1. The lowest BCUT2D eigenvalue weighted by atomic mass is 9.96. The summed E-state index contributed by atoms with van der Waals surface area (Å²) in [7, 11) is 0. The summed E-state index contributed by atoms with van der Waals surface area (Å²) in [6, 6.07) is 10.4. The molecule has 2 unspecified atom stereocenters. The summed E-state index contributed by atoms with van der Waals surface area (Å²) >= 11 is 0. The zero-order chi connectivity index (χ0) is 20.2. The summed E-state index contributed by atoms with van der Waals surface area (Å²) in [5.41, 5.74) is 1.16. The minimum Gasteiger partial charge on any atom is -0.372 e. The standard InChI is InChI=1S/C23H32N4O2/c1-18-14-27(15-19(2)29-18)22(28)17-25-11-8-20(9-12-25)16-26-13-10-24-23(26)21-6-4-3-5-7-21/h3-7,10,13,18-20H,8-9,11-12,14-17H2,1-2H3. The quantitative estimate of drug-likeness (QED) is 0.780. The molecule has 29 heavy (non-hydrogen) atoms. The van der Waals surface area contributed by atoms with E-state index >= 15 is 0 Å².